The standard InChI is InChI=1S/C21H15N5O2/c1-19-16(14-6-3-2-4-7-14)21(13-24,18(25)28-19)20(11-22,12-23)17(27-19)15-8-5-9-26-10-15/h2-10,16-17,25H,1H3/t16-,17-,19+,21+/m0/s1. The Labute approximate surface area is 161 Å². The van der Waals surface area contributed by atoms with E-state index in [0.717, 1.165) is 0 Å². The molecular formula is C21H15N5O2. The predicted octanol–water partition coefficient (Wildman–Crippen LogP) is 3.20. The smallest absolute Gasteiger partial charge is 0.218 e. The molecule has 28 heavy (non-hydrogen) atoms. The minimum absolute atomic E-state index is 0.430. The molecule has 2 fully saturated rings. The molecule has 1 aromatic carbocycles. The summed E-state index contributed by atoms with van der Waals surface area (Å²) in [5.41, 5.74) is -2.71. The number of nitrogens with zero attached hydrogens (tertiary/aromatic N) is 4. The first-order valence-electron chi connectivity index (χ1n) is 8.63. The summed E-state index contributed by atoms with van der Waals surface area (Å²) in [6.07, 6.45) is 1.95. The zero-order valence-electron chi connectivity index (χ0n) is 15.0. The first-order chi connectivity index (χ1) is 13.5. The minimum Gasteiger partial charge on any atom is -0.447 e. The summed E-state index contributed by atoms with van der Waals surface area (Å²) in [5, 5.41) is 39.2. The van der Waals surface area contributed by atoms with E-state index >= 15 is 0 Å². The van der Waals surface area contributed by atoms with E-state index in [4.69, 9.17) is 14.9 Å². The molecule has 3 heterocycles. The van der Waals surface area contributed by atoms with Crippen LogP contribution in [0.15, 0.2) is 54.9 Å². The third-order valence-corrected chi connectivity index (χ3v) is 5.64. The SMILES string of the molecule is C[C@@]12OC(=N)[C@@](C#N)([C@H]1c1ccccc1)C(C#N)(C#N)[C@H](c1cccnc1)O2. The number of fused-ring (bicyclic) bond motifs is 2. The van der Waals surface area contributed by atoms with Gasteiger partial charge in [0.05, 0.1) is 24.1 Å². The van der Waals surface area contributed by atoms with E-state index in [9.17, 15) is 15.8 Å². The highest BCUT2D eigenvalue weighted by Crippen LogP contribution is 2.69. The Bertz CT molecular complexity index is 1050. The summed E-state index contributed by atoms with van der Waals surface area (Å²) in [7, 11) is 0. The van der Waals surface area contributed by atoms with Crippen molar-refractivity contribution >= 4 is 5.90 Å². The molecule has 0 unspecified atom stereocenters. The van der Waals surface area contributed by atoms with Gasteiger partial charge in [0.2, 0.25) is 17.1 Å². The molecule has 0 amide bonds. The van der Waals surface area contributed by atoms with Gasteiger partial charge in [0.25, 0.3) is 0 Å². The van der Waals surface area contributed by atoms with Crippen LogP contribution in [-0.2, 0) is 9.47 Å². The average molecular weight is 369 g/mol. The van der Waals surface area contributed by atoms with E-state index in [1.54, 1.807) is 49.5 Å². The van der Waals surface area contributed by atoms with Crippen LogP contribution in [0, 0.1) is 50.2 Å². The molecule has 1 aromatic heterocycles. The van der Waals surface area contributed by atoms with Gasteiger partial charge in [-0.05, 0) is 11.6 Å². The van der Waals surface area contributed by atoms with E-state index in [0.29, 0.717) is 11.1 Å². The summed E-state index contributed by atoms with van der Waals surface area (Å²) in [4.78, 5) is 4.06. The van der Waals surface area contributed by atoms with Crippen LogP contribution in [0.3, 0.4) is 0 Å². The number of benzene rings is 1. The lowest BCUT2D eigenvalue weighted by atomic mass is 9.52. The first-order valence-corrected chi connectivity index (χ1v) is 8.63. The van der Waals surface area contributed by atoms with Crippen LogP contribution in [0.4, 0.5) is 0 Å². The third kappa shape index (κ3) is 1.93. The zero-order chi connectivity index (χ0) is 20.0. The Morgan fingerprint density at radius 3 is 2.25 bits per heavy atom. The summed E-state index contributed by atoms with van der Waals surface area (Å²) in [5.74, 6) is -2.65. The van der Waals surface area contributed by atoms with Gasteiger partial charge in [-0.3, -0.25) is 10.4 Å². The van der Waals surface area contributed by atoms with Gasteiger partial charge in [0, 0.05) is 24.9 Å². The van der Waals surface area contributed by atoms with Crippen molar-refractivity contribution in [3.05, 3.63) is 66.0 Å². The van der Waals surface area contributed by atoms with E-state index in [1.807, 2.05) is 18.2 Å². The van der Waals surface area contributed by atoms with E-state index in [1.165, 1.54) is 6.20 Å². The Balaban J connectivity index is 2.05. The molecule has 2 aliphatic heterocycles. The van der Waals surface area contributed by atoms with Crippen molar-refractivity contribution in [3.8, 4) is 18.2 Å². The highest BCUT2D eigenvalue weighted by atomic mass is 16.7. The van der Waals surface area contributed by atoms with Crippen LogP contribution >= 0.6 is 0 Å². The summed E-state index contributed by atoms with van der Waals surface area (Å²) < 4.78 is 12.0. The lowest BCUT2D eigenvalue weighted by Gasteiger charge is -2.48. The molecule has 7 nitrogen and oxygen atoms in total. The quantitative estimate of drug-likeness (QED) is 0.866. The second-order valence-electron chi connectivity index (χ2n) is 7.03. The van der Waals surface area contributed by atoms with Crippen LogP contribution in [0.25, 0.3) is 0 Å². The molecule has 2 saturated heterocycles. The largest absolute Gasteiger partial charge is 0.447 e. The Morgan fingerprint density at radius 2 is 1.68 bits per heavy atom. The van der Waals surface area contributed by atoms with Gasteiger partial charge in [-0.1, -0.05) is 36.4 Å². The van der Waals surface area contributed by atoms with Crippen molar-refractivity contribution in [2.75, 3.05) is 0 Å². The molecule has 7 heteroatoms. The highest BCUT2D eigenvalue weighted by Gasteiger charge is 2.79. The lowest BCUT2D eigenvalue weighted by molar-refractivity contribution is -0.253. The van der Waals surface area contributed by atoms with Crippen molar-refractivity contribution in [1.82, 2.24) is 4.98 Å². The maximum atomic E-state index is 10.3. The topological polar surface area (TPSA) is 127 Å². The summed E-state index contributed by atoms with van der Waals surface area (Å²) >= 11 is 0. The monoisotopic (exact) mass is 369 g/mol. The first kappa shape index (κ1) is 17.7. The molecule has 1 N–H and O–H groups in total. The summed E-state index contributed by atoms with van der Waals surface area (Å²) in [6.45, 7) is 1.64. The molecule has 4 atom stereocenters. The highest BCUT2D eigenvalue weighted by molar-refractivity contribution is 5.90. The molecule has 0 radical (unpaired) electrons. The van der Waals surface area contributed by atoms with Gasteiger partial charge in [0.15, 0.2) is 5.41 Å². The number of hydrogen-bond donors (Lipinski definition) is 1. The number of aromatic nitrogens is 1. The van der Waals surface area contributed by atoms with Crippen LogP contribution < -0.4 is 0 Å². The molecule has 2 bridgehead atoms. The maximum absolute atomic E-state index is 10.3. The molecule has 0 saturated carbocycles. The number of rotatable bonds is 2. The second-order valence-corrected chi connectivity index (χ2v) is 7.03. The van der Waals surface area contributed by atoms with Crippen LogP contribution in [-0.4, -0.2) is 16.7 Å². The van der Waals surface area contributed by atoms with Gasteiger partial charge in [-0.25, -0.2) is 0 Å². The Hall–Kier alpha value is -3.73. The maximum Gasteiger partial charge on any atom is 0.218 e. The molecule has 0 spiro atoms. The van der Waals surface area contributed by atoms with E-state index in [2.05, 4.69) is 11.1 Å². The molecular weight excluding hydrogens is 354 g/mol. The van der Waals surface area contributed by atoms with Crippen LogP contribution in [0.2, 0.25) is 0 Å². The normalized spacial score (nSPS) is 32.4. The zero-order valence-corrected chi connectivity index (χ0v) is 15.0. The summed E-state index contributed by atoms with van der Waals surface area (Å²) in [6, 6.07) is 18.5. The third-order valence-electron chi connectivity index (χ3n) is 5.64. The van der Waals surface area contributed by atoms with E-state index in [-0.39, 0.29) is 0 Å². The van der Waals surface area contributed by atoms with Crippen molar-refractivity contribution in [2.45, 2.75) is 24.7 Å². The fourth-order valence-corrected chi connectivity index (χ4v) is 4.46. The number of ether oxygens (including phenoxy) is 2. The van der Waals surface area contributed by atoms with E-state index < -0.39 is 34.5 Å². The average Bonchev–Trinajstić information content (AvgIpc) is 2.92. The number of nitrogens with one attached hydrogen (secondary N) is 1. The number of pyridine rings is 1. The second kappa shape index (κ2) is 5.89. The Morgan fingerprint density at radius 1 is 1.00 bits per heavy atom. The van der Waals surface area contributed by atoms with Gasteiger partial charge in [0.1, 0.15) is 6.10 Å². The fourth-order valence-electron chi connectivity index (χ4n) is 4.46. The molecule has 4 rings (SSSR count). The molecule has 2 aliphatic rings. The Kier molecular flexibility index (Phi) is 3.72. The number of nitriles is 3. The van der Waals surface area contributed by atoms with Crippen molar-refractivity contribution < 1.29 is 9.47 Å². The van der Waals surface area contributed by atoms with Crippen molar-refractivity contribution in [2.24, 2.45) is 10.8 Å². The number of hydrogen-bond acceptors (Lipinski definition) is 7. The molecule has 0 aliphatic carbocycles. The fraction of sp³-hybridized carbons (Fsp3) is 0.286. The van der Waals surface area contributed by atoms with Gasteiger partial charge in [-0.2, -0.15) is 15.8 Å². The van der Waals surface area contributed by atoms with Crippen LogP contribution in [0.1, 0.15) is 30.1 Å². The minimum atomic E-state index is -2.00. The lowest BCUT2D eigenvalue weighted by Crippen LogP contribution is -2.57. The predicted molar refractivity (Wildman–Crippen MR) is 96.2 cm³/mol. The van der Waals surface area contributed by atoms with Crippen molar-refractivity contribution in [3.63, 3.8) is 0 Å². The van der Waals surface area contributed by atoms with Gasteiger partial charge in [-0.15, -0.1) is 0 Å². The van der Waals surface area contributed by atoms with Gasteiger partial charge >= 0.3 is 0 Å². The van der Waals surface area contributed by atoms with Crippen molar-refractivity contribution in [1.29, 1.82) is 21.2 Å². The van der Waals surface area contributed by atoms with Gasteiger partial charge < -0.3 is 9.47 Å². The molecule has 136 valence electrons. The molecule has 2 aromatic rings. The van der Waals surface area contributed by atoms with Crippen LogP contribution in [0.5, 0.6) is 0 Å².